The van der Waals surface area contributed by atoms with E-state index in [1.807, 2.05) is 42.5 Å². The van der Waals surface area contributed by atoms with Crippen LogP contribution in [0.15, 0.2) is 83.3 Å². The Balaban J connectivity index is 1.94. The smallest absolute Gasteiger partial charge is 0.143 e. The Morgan fingerprint density at radius 3 is 2.43 bits per heavy atom. The number of rotatable bonds is 3. The van der Waals surface area contributed by atoms with Crippen molar-refractivity contribution in [1.29, 1.82) is 0 Å². The van der Waals surface area contributed by atoms with Crippen LogP contribution in [0.3, 0.4) is 0 Å². The second kappa shape index (κ2) is 5.96. The third-order valence-corrected chi connectivity index (χ3v) is 3.00. The monoisotopic (exact) mass is 275 g/mol. The highest BCUT2D eigenvalue weighted by Crippen LogP contribution is 2.32. The van der Waals surface area contributed by atoms with Crippen molar-refractivity contribution in [2.24, 2.45) is 10.2 Å². The van der Waals surface area contributed by atoms with Crippen molar-refractivity contribution >= 4 is 11.4 Å². The van der Waals surface area contributed by atoms with Gasteiger partial charge in [0.05, 0.1) is 6.20 Å². The molecule has 0 amide bonds. The van der Waals surface area contributed by atoms with Crippen LogP contribution in [0.1, 0.15) is 0 Å². The SMILES string of the molecule is Oc1ccc(-c2ccccc2)cc1N=Nc1cccnc1. The van der Waals surface area contributed by atoms with Gasteiger partial charge in [0.2, 0.25) is 0 Å². The van der Waals surface area contributed by atoms with Gasteiger partial charge in [0.1, 0.15) is 17.1 Å². The lowest BCUT2D eigenvalue weighted by atomic mass is 10.1. The van der Waals surface area contributed by atoms with E-state index < -0.39 is 0 Å². The quantitative estimate of drug-likeness (QED) is 0.693. The van der Waals surface area contributed by atoms with Gasteiger partial charge in [-0.15, -0.1) is 10.2 Å². The molecule has 0 saturated carbocycles. The van der Waals surface area contributed by atoms with Gasteiger partial charge in [-0.25, -0.2) is 0 Å². The maximum absolute atomic E-state index is 9.89. The van der Waals surface area contributed by atoms with E-state index >= 15 is 0 Å². The van der Waals surface area contributed by atoms with E-state index in [1.54, 1.807) is 30.6 Å². The van der Waals surface area contributed by atoms with Crippen LogP contribution < -0.4 is 0 Å². The third kappa shape index (κ3) is 3.12. The van der Waals surface area contributed by atoms with Crippen LogP contribution in [-0.4, -0.2) is 10.1 Å². The van der Waals surface area contributed by atoms with Gasteiger partial charge in [0.25, 0.3) is 0 Å². The van der Waals surface area contributed by atoms with Gasteiger partial charge in [0.15, 0.2) is 0 Å². The van der Waals surface area contributed by atoms with Crippen molar-refractivity contribution < 1.29 is 5.11 Å². The zero-order valence-electron chi connectivity index (χ0n) is 11.2. The summed E-state index contributed by atoms with van der Waals surface area (Å²) in [6.07, 6.45) is 3.29. The summed E-state index contributed by atoms with van der Waals surface area (Å²) in [5.74, 6) is 0.0994. The molecular weight excluding hydrogens is 262 g/mol. The number of nitrogens with zero attached hydrogens (tertiary/aromatic N) is 3. The molecule has 2 aromatic carbocycles. The van der Waals surface area contributed by atoms with Crippen molar-refractivity contribution in [3.63, 3.8) is 0 Å². The molecule has 4 nitrogen and oxygen atoms in total. The first-order chi connectivity index (χ1) is 10.3. The molecule has 21 heavy (non-hydrogen) atoms. The standard InChI is InChI=1S/C17H13N3O/c21-17-9-8-14(13-5-2-1-3-6-13)11-16(17)20-19-15-7-4-10-18-12-15/h1-12,21H. The number of aromatic hydroxyl groups is 1. The van der Waals surface area contributed by atoms with Crippen LogP contribution in [0.5, 0.6) is 5.75 Å². The lowest BCUT2D eigenvalue weighted by molar-refractivity contribution is 0.476. The molecule has 0 spiro atoms. The van der Waals surface area contributed by atoms with Gasteiger partial charge in [0, 0.05) is 6.20 Å². The predicted octanol–water partition coefficient (Wildman–Crippen LogP) is 4.87. The minimum Gasteiger partial charge on any atom is -0.506 e. The Bertz CT molecular complexity index is 756. The van der Waals surface area contributed by atoms with Crippen molar-refractivity contribution in [2.45, 2.75) is 0 Å². The second-order valence-corrected chi connectivity index (χ2v) is 4.48. The first-order valence-corrected chi connectivity index (χ1v) is 6.53. The van der Waals surface area contributed by atoms with E-state index in [1.165, 1.54) is 0 Å². The second-order valence-electron chi connectivity index (χ2n) is 4.48. The van der Waals surface area contributed by atoms with E-state index in [-0.39, 0.29) is 5.75 Å². The molecule has 0 atom stereocenters. The van der Waals surface area contributed by atoms with Crippen molar-refractivity contribution in [2.75, 3.05) is 0 Å². The molecule has 0 bridgehead atoms. The lowest BCUT2D eigenvalue weighted by Crippen LogP contribution is -1.77. The van der Waals surface area contributed by atoms with E-state index in [9.17, 15) is 5.11 Å². The highest BCUT2D eigenvalue weighted by atomic mass is 16.3. The van der Waals surface area contributed by atoms with Gasteiger partial charge in [-0.3, -0.25) is 4.98 Å². The Labute approximate surface area is 122 Å². The Morgan fingerprint density at radius 2 is 1.67 bits per heavy atom. The number of benzene rings is 2. The molecule has 0 unspecified atom stereocenters. The summed E-state index contributed by atoms with van der Waals surface area (Å²) in [5.41, 5.74) is 3.12. The summed E-state index contributed by atoms with van der Waals surface area (Å²) in [7, 11) is 0. The molecule has 0 saturated heterocycles. The van der Waals surface area contributed by atoms with Crippen LogP contribution >= 0.6 is 0 Å². The zero-order chi connectivity index (χ0) is 14.5. The summed E-state index contributed by atoms with van der Waals surface area (Å²) in [6, 6.07) is 18.8. The van der Waals surface area contributed by atoms with Crippen molar-refractivity contribution in [1.82, 2.24) is 4.98 Å². The first kappa shape index (κ1) is 13.0. The number of pyridine rings is 1. The van der Waals surface area contributed by atoms with Crippen LogP contribution in [0.25, 0.3) is 11.1 Å². The summed E-state index contributed by atoms with van der Waals surface area (Å²) in [6.45, 7) is 0. The van der Waals surface area contributed by atoms with Gasteiger partial charge in [-0.2, -0.15) is 0 Å². The summed E-state index contributed by atoms with van der Waals surface area (Å²) < 4.78 is 0. The maximum atomic E-state index is 9.89. The zero-order valence-corrected chi connectivity index (χ0v) is 11.2. The van der Waals surface area contributed by atoms with Crippen LogP contribution in [-0.2, 0) is 0 Å². The minimum atomic E-state index is 0.0994. The van der Waals surface area contributed by atoms with Crippen molar-refractivity contribution in [3.05, 3.63) is 73.1 Å². The molecule has 102 valence electrons. The van der Waals surface area contributed by atoms with Gasteiger partial charge in [-0.05, 0) is 35.4 Å². The number of aromatic nitrogens is 1. The predicted molar refractivity (Wildman–Crippen MR) is 82.0 cm³/mol. The average Bonchev–Trinajstić information content (AvgIpc) is 2.56. The third-order valence-electron chi connectivity index (χ3n) is 3.00. The molecule has 0 aliphatic carbocycles. The molecule has 1 N–H and O–H groups in total. The molecule has 0 aliphatic heterocycles. The molecular formula is C17H13N3O. The fourth-order valence-electron chi connectivity index (χ4n) is 1.94. The van der Waals surface area contributed by atoms with E-state index in [0.29, 0.717) is 11.4 Å². The Kier molecular flexibility index (Phi) is 3.69. The topological polar surface area (TPSA) is 57.8 Å². The van der Waals surface area contributed by atoms with Crippen LogP contribution in [0.2, 0.25) is 0 Å². The van der Waals surface area contributed by atoms with E-state index in [2.05, 4.69) is 15.2 Å². The molecule has 0 fully saturated rings. The largest absolute Gasteiger partial charge is 0.506 e. The molecule has 1 heterocycles. The Hall–Kier alpha value is -3.01. The van der Waals surface area contributed by atoms with Gasteiger partial charge < -0.3 is 5.11 Å². The number of phenols is 1. The molecule has 3 rings (SSSR count). The fourth-order valence-corrected chi connectivity index (χ4v) is 1.94. The number of azo groups is 1. The highest BCUT2D eigenvalue weighted by Gasteiger charge is 2.03. The van der Waals surface area contributed by atoms with Gasteiger partial charge in [-0.1, -0.05) is 36.4 Å². The lowest BCUT2D eigenvalue weighted by Gasteiger charge is -2.04. The number of phenolic OH excluding ortho intramolecular Hbond substituents is 1. The molecule has 0 aliphatic rings. The molecule has 1 aromatic heterocycles. The maximum Gasteiger partial charge on any atom is 0.143 e. The van der Waals surface area contributed by atoms with Crippen LogP contribution in [0, 0.1) is 0 Å². The first-order valence-electron chi connectivity index (χ1n) is 6.53. The number of hydrogen-bond donors (Lipinski definition) is 1. The van der Waals surface area contributed by atoms with E-state index in [4.69, 9.17) is 0 Å². The molecule has 4 heteroatoms. The normalized spacial score (nSPS) is 10.9. The minimum absolute atomic E-state index is 0.0994. The van der Waals surface area contributed by atoms with E-state index in [0.717, 1.165) is 11.1 Å². The number of hydrogen-bond acceptors (Lipinski definition) is 4. The summed E-state index contributed by atoms with van der Waals surface area (Å²) in [5, 5.41) is 18.1. The summed E-state index contributed by atoms with van der Waals surface area (Å²) in [4.78, 5) is 3.97. The summed E-state index contributed by atoms with van der Waals surface area (Å²) >= 11 is 0. The van der Waals surface area contributed by atoms with Gasteiger partial charge >= 0.3 is 0 Å². The molecule has 3 aromatic rings. The highest BCUT2D eigenvalue weighted by molar-refractivity contribution is 5.70. The fraction of sp³-hybridized carbons (Fsp3) is 0. The molecule has 0 radical (unpaired) electrons. The average molecular weight is 275 g/mol. The van der Waals surface area contributed by atoms with Crippen molar-refractivity contribution in [3.8, 4) is 16.9 Å². The Morgan fingerprint density at radius 1 is 0.810 bits per heavy atom. The van der Waals surface area contributed by atoms with Crippen LogP contribution in [0.4, 0.5) is 11.4 Å².